The van der Waals surface area contributed by atoms with Crippen LogP contribution in [-0.4, -0.2) is 11.5 Å². The van der Waals surface area contributed by atoms with Gasteiger partial charge in [0, 0.05) is 12.2 Å². The fraction of sp³-hybridized carbons (Fsp3) is 0.688. The summed E-state index contributed by atoms with van der Waals surface area (Å²) >= 11 is 0. The molecule has 1 fully saturated rings. The predicted molar refractivity (Wildman–Crippen MR) is 75.9 cm³/mol. The van der Waals surface area contributed by atoms with Crippen molar-refractivity contribution in [2.75, 3.05) is 11.9 Å². The van der Waals surface area contributed by atoms with Crippen LogP contribution in [0.3, 0.4) is 0 Å². The Bertz CT molecular complexity index is 419. The first-order valence-electron chi connectivity index (χ1n) is 7.54. The lowest BCUT2D eigenvalue weighted by Crippen LogP contribution is -2.26. The second-order valence-electron chi connectivity index (χ2n) is 6.07. The highest BCUT2D eigenvalue weighted by molar-refractivity contribution is 5.40. The fourth-order valence-corrected chi connectivity index (χ4v) is 3.58. The lowest BCUT2D eigenvalue weighted by molar-refractivity contribution is 0.306. The van der Waals surface area contributed by atoms with E-state index >= 15 is 0 Å². The molecule has 0 spiro atoms. The third-order valence-electron chi connectivity index (χ3n) is 4.99. The van der Waals surface area contributed by atoms with Gasteiger partial charge >= 0.3 is 0 Å². The van der Waals surface area contributed by atoms with Crippen molar-refractivity contribution >= 4 is 5.82 Å². The van der Waals surface area contributed by atoms with Crippen LogP contribution >= 0.6 is 0 Å². The number of aryl methyl sites for hydroxylation is 2. The summed E-state index contributed by atoms with van der Waals surface area (Å²) in [5.74, 6) is 1.09. The molecule has 2 aliphatic rings. The van der Waals surface area contributed by atoms with E-state index in [9.17, 15) is 0 Å². The number of nitrogens with one attached hydrogen (secondary N) is 1. The van der Waals surface area contributed by atoms with E-state index in [1.165, 1.54) is 62.6 Å². The highest BCUT2D eigenvalue weighted by Gasteiger charge is 2.31. The summed E-state index contributed by atoms with van der Waals surface area (Å²) < 4.78 is 0. The molecule has 0 aliphatic heterocycles. The van der Waals surface area contributed by atoms with Crippen molar-refractivity contribution in [3.05, 3.63) is 23.4 Å². The van der Waals surface area contributed by atoms with E-state index < -0.39 is 0 Å². The van der Waals surface area contributed by atoms with Crippen LogP contribution in [0.4, 0.5) is 5.82 Å². The van der Waals surface area contributed by atoms with E-state index in [1.807, 2.05) is 0 Å². The smallest absolute Gasteiger partial charge is 0.126 e. The maximum atomic E-state index is 4.77. The van der Waals surface area contributed by atoms with Gasteiger partial charge in [-0.1, -0.05) is 25.8 Å². The van der Waals surface area contributed by atoms with Gasteiger partial charge in [0.05, 0.1) is 0 Å². The van der Waals surface area contributed by atoms with Crippen molar-refractivity contribution in [3.63, 3.8) is 0 Å². The molecule has 1 saturated carbocycles. The van der Waals surface area contributed by atoms with Gasteiger partial charge in [0.1, 0.15) is 5.82 Å². The topological polar surface area (TPSA) is 24.9 Å². The number of hydrogen-bond acceptors (Lipinski definition) is 2. The number of pyridine rings is 1. The van der Waals surface area contributed by atoms with Crippen LogP contribution in [0.15, 0.2) is 12.1 Å². The first kappa shape index (κ1) is 12.0. The Hall–Kier alpha value is -1.05. The van der Waals surface area contributed by atoms with Gasteiger partial charge in [0.25, 0.3) is 0 Å². The van der Waals surface area contributed by atoms with E-state index in [0.29, 0.717) is 5.41 Å². The monoisotopic (exact) mass is 244 g/mol. The van der Waals surface area contributed by atoms with Gasteiger partial charge in [0.15, 0.2) is 0 Å². The molecule has 1 heterocycles. The molecule has 1 N–H and O–H groups in total. The Morgan fingerprint density at radius 2 is 2.00 bits per heavy atom. The quantitative estimate of drug-likeness (QED) is 0.867. The van der Waals surface area contributed by atoms with Crippen LogP contribution in [-0.2, 0) is 12.8 Å². The van der Waals surface area contributed by atoms with Gasteiger partial charge in [-0.2, -0.15) is 0 Å². The molecule has 2 aliphatic carbocycles. The second kappa shape index (κ2) is 4.91. The van der Waals surface area contributed by atoms with E-state index in [0.717, 1.165) is 12.4 Å². The SMILES string of the molecule is CCC1(CNc2ccc3c(n2)CCC3)CCCC1. The molecule has 2 heteroatoms. The minimum absolute atomic E-state index is 0.542. The number of rotatable bonds is 4. The van der Waals surface area contributed by atoms with Gasteiger partial charge in [-0.05, 0) is 55.6 Å². The Morgan fingerprint density at radius 1 is 1.17 bits per heavy atom. The first-order chi connectivity index (χ1) is 8.81. The highest BCUT2D eigenvalue weighted by atomic mass is 15.0. The summed E-state index contributed by atoms with van der Waals surface area (Å²) in [5.41, 5.74) is 3.34. The van der Waals surface area contributed by atoms with Gasteiger partial charge in [-0.15, -0.1) is 0 Å². The minimum atomic E-state index is 0.542. The molecule has 3 rings (SSSR count). The number of anilines is 1. The van der Waals surface area contributed by atoms with Crippen molar-refractivity contribution in [1.82, 2.24) is 4.98 Å². The van der Waals surface area contributed by atoms with Crippen LogP contribution in [0.2, 0.25) is 0 Å². The van der Waals surface area contributed by atoms with Crippen LogP contribution in [0.1, 0.15) is 56.7 Å². The van der Waals surface area contributed by atoms with Gasteiger partial charge in [-0.3, -0.25) is 0 Å². The lowest BCUT2D eigenvalue weighted by Gasteiger charge is -2.28. The molecule has 0 aromatic carbocycles. The van der Waals surface area contributed by atoms with Crippen molar-refractivity contribution in [2.24, 2.45) is 5.41 Å². The minimum Gasteiger partial charge on any atom is -0.370 e. The summed E-state index contributed by atoms with van der Waals surface area (Å²) in [6.07, 6.45) is 10.6. The molecule has 18 heavy (non-hydrogen) atoms. The molecule has 0 saturated heterocycles. The Morgan fingerprint density at radius 3 is 2.78 bits per heavy atom. The van der Waals surface area contributed by atoms with Gasteiger partial charge in [-0.25, -0.2) is 4.98 Å². The third-order valence-corrected chi connectivity index (χ3v) is 4.99. The molecule has 0 unspecified atom stereocenters. The van der Waals surface area contributed by atoms with Crippen molar-refractivity contribution in [2.45, 2.75) is 58.3 Å². The molecule has 0 amide bonds. The summed E-state index contributed by atoms with van der Waals surface area (Å²) in [6, 6.07) is 4.44. The number of fused-ring (bicyclic) bond motifs is 1. The Kier molecular flexibility index (Phi) is 3.27. The Labute approximate surface area is 110 Å². The average molecular weight is 244 g/mol. The molecule has 2 nitrogen and oxygen atoms in total. The zero-order valence-electron chi connectivity index (χ0n) is 11.5. The maximum absolute atomic E-state index is 4.77. The largest absolute Gasteiger partial charge is 0.370 e. The van der Waals surface area contributed by atoms with Crippen molar-refractivity contribution in [3.8, 4) is 0 Å². The second-order valence-corrected chi connectivity index (χ2v) is 6.07. The van der Waals surface area contributed by atoms with E-state index in [4.69, 9.17) is 4.98 Å². The highest BCUT2D eigenvalue weighted by Crippen LogP contribution is 2.40. The molecule has 0 atom stereocenters. The fourth-order valence-electron chi connectivity index (χ4n) is 3.58. The zero-order chi connectivity index (χ0) is 12.4. The summed E-state index contributed by atoms with van der Waals surface area (Å²) in [6.45, 7) is 3.44. The Balaban J connectivity index is 1.66. The summed E-state index contributed by atoms with van der Waals surface area (Å²) in [4.78, 5) is 4.77. The number of aromatic nitrogens is 1. The average Bonchev–Trinajstić information content (AvgIpc) is 3.05. The molecule has 0 bridgehead atoms. The summed E-state index contributed by atoms with van der Waals surface area (Å²) in [7, 11) is 0. The van der Waals surface area contributed by atoms with Gasteiger partial charge < -0.3 is 5.32 Å². The molecule has 1 aromatic heterocycles. The molecule has 98 valence electrons. The number of hydrogen-bond donors (Lipinski definition) is 1. The van der Waals surface area contributed by atoms with Crippen LogP contribution < -0.4 is 5.32 Å². The lowest BCUT2D eigenvalue weighted by atomic mass is 9.83. The maximum Gasteiger partial charge on any atom is 0.126 e. The standard InChI is InChI=1S/C16H24N2/c1-2-16(10-3-4-11-16)12-17-15-9-8-13-6-5-7-14(13)18-15/h8-9H,2-7,10-12H2,1H3,(H,17,18). The third kappa shape index (κ3) is 2.25. The zero-order valence-corrected chi connectivity index (χ0v) is 11.5. The summed E-state index contributed by atoms with van der Waals surface area (Å²) in [5, 5.41) is 3.60. The molecule has 1 aromatic rings. The predicted octanol–water partition coefficient (Wildman–Crippen LogP) is 3.95. The van der Waals surface area contributed by atoms with Gasteiger partial charge in [0.2, 0.25) is 0 Å². The van der Waals surface area contributed by atoms with Crippen LogP contribution in [0, 0.1) is 5.41 Å². The molecular weight excluding hydrogens is 220 g/mol. The van der Waals surface area contributed by atoms with Crippen LogP contribution in [0.5, 0.6) is 0 Å². The van der Waals surface area contributed by atoms with E-state index in [1.54, 1.807) is 0 Å². The van der Waals surface area contributed by atoms with Crippen molar-refractivity contribution < 1.29 is 0 Å². The first-order valence-corrected chi connectivity index (χ1v) is 7.54. The molecular formula is C16H24N2. The molecule has 0 radical (unpaired) electrons. The van der Waals surface area contributed by atoms with E-state index in [-0.39, 0.29) is 0 Å². The van der Waals surface area contributed by atoms with Crippen molar-refractivity contribution in [1.29, 1.82) is 0 Å². The van der Waals surface area contributed by atoms with Crippen LogP contribution in [0.25, 0.3) is 0 Å². The van der Waals surface area contributed by atoms with E-state index in [2.05, 4.69) is 24.4 Å². The number of nitrogens with zero attached hydrogens (tertiary/aromatic N) is 1. The normalized spacial score (nSPS) is 20.9.